The first-order chi connectivity index (χ1) is 8.53. The molecule has 1 unspecified atom stereocenters. The molecule has 5 nitrogen and oxygen atoms in total. The van der Waals surface area contributed by atoms with Crippen molar-refractivity contribution in [2.45, 2.75) is 32.3 Å². The molecule has 1 atom stereocenters. The second-order valence-electron chi connectivity index (χ2n) is 3.97. The average Bonchev–Trinajstić information content (AvgIpc) is 2.80. The predicted octanol–water partition coefficient (Wildman–Crippen LogP) is 1.73. The van der Waals surface area contributed by atoms with Gasteiger partial charge in [0.2, 0.25) is 0 Å². The fraction of sp³-hybridized carbons (Fsp3) is 0.538. The van der Waals surface area contributed by atoms with E-state index in [1.165, 1.54) is 14.2 Å². The third kappa shape index (κ3) is 3.12. The van der Waals surface area contributed by atoms with Crippen molar-refractivity contribution in [2.24, 2.45) is 0 Å². The lowest BCUT2D eigenvalue weighted by Crippen LogP contribution is -2.10. The van der Waals surface area contributed by atoms with E-state index in [2.05, 4.69) is 16.1 Å². The Morgan fingerprint density at radius 3 is 2.56 bits per heavy atom. The summed E-state index contributed by atoms with van der Waals surface area (Å²) in [5.74, 6) is -0.595. The van der Waals surface area contributed by atoms with Crippen molar-refractivity contribution >= 4 is 11.9 Å². The monoisotopic (exact) mass is 254 g/mol. The third-order valence-corrected chi connectivity index (χ3v) is 2.88. The Bertz CT molecular complexity index is 394. The van der Waals surface area contributed by atoms with Gasteiger partial charge in [0.15, 0.2) is 0 Å². The zero-order valence-corrected chi connectivity index (χ0v) is 10.9. The molecule has 0 fully saturated rings. The molecule has 0 saturated heterocycles. The van der Waals surface area contributed by atoms with E-state index in [0.29, 0.717) is 17.8 Å². The highest BCUT2D eigenvalue weighted by molar-refractivity contribution is 5.90. The van der Waals surface area contributed by atoms with E-state index in [1.54, 1.807) is 0 Å². The van der Waals surface area contributed by atoms with Gasteiger partial charge in [0.25, 0.3) is 0 Å². The normalized spacial score (nSPS) is 18.3. The van der Waals surface area contributed by atoms with Crippen LogP contribution in [0.2, 0.25) is 0 Å². The minimum Gasteiger partial charge on any atom is -0.489 e. The summed E-state index contributed by atoms with van der Waals surface area (Å²) in [5, 5.41) is 0. The number of hydrogen-bond donors (Lipinski definition) is 0. The predicted molar refractivity (Wildman–Crippen MR) is 64.6 cm³/mol. The molecule has 5 heteroatoms. The molecule has 0 aromatic rings. The van der Waals surface area contributed by atoms with Gasteiger partial charge in [-0.2, -0.15) is 0 Å². The fourth-order valence-electron chi connectivity index (χ4n) is 1.71. The molecule has 1 heterocycles. The minimum absolute atomic E-state index is 0.0611. The van der Waals surface area contributed by atoms with E-state index in [-0.39, 0.29) is 12.5 Å². The second kappa shape index (κ2) is 6.23. The maximum absolute atomic E-state index is 11.6. The topological polar surface area (TPSA) is 61.8 Å². The highest BCUT2D eigenvalue weighted by Crippen LogP contribution is 2.32. The number of esters is 2. The quantitative estimate of drug-likeness (QED) is 0.552. The van der Waals surface area contributed by atoms with Gasteiger partial charge in [-0.15, -0.1) is 0 Å². The Labute approximate surface area is 106 Å². The Hall–Kier alpha value is -1.78. The number of ether oxygens (including phenoxy) is 3. The van der Waals surface area contributed by atoms with Crippen LogP contribution in [0.25, 0.3) is 0 Å². The van der Waals surface area contributed by atoms with Crippen LogP contribution in [-0.2, 0) is 23.8 Å². The number of carbonyl (C=O) groups is 2. The number of methoxy groups -OCH3 is 2. The van der Waals surface area contributed by atoms with Crippen LogP contribution in [0.1, 0.15) is 26.2 Å². The number of hydrogen-bond acceptors (Lipinski definition) is 5. The molecule has 0 amide bonds. The van der Waals surface area contributed by atoms with E-state index in [4.69, 9.17) is 4.74 Å². The van der Waals surface area contributed by atoms with Crippen molar-refractivity contribution in [3.05, 3.63) is 23.5 Å². The molecule has 0 saturated carbocycles. The van der Waals surface area contributed by atoms with E-state index in [1.807, 2.05) is 6.92 Å². The highest BCUT2D eigenvalue weighted by Gasteiger charge is 2.32. The molecule has 0 aliphatic carbocycles. The molecule has 1 aliphatic heterocycles. The Kier molecular flexibility index (Phi) is 4.95. The van der Waals surface area contributed by atoms with Gasteiger partial charge in [-0.25, -0.2) is 4.79 Å². The zero-order chi connectivity index (χ0) is 13.7. The van der Waals surface area contributed by atoms with E-state index in [9.17, 15) is 9.59 Å². The first-order valence-electron chi connectivity index (χ1n) is 5.74. The molecule has 0 aromatic heterocycles. The van der Waals surface area contributed by atoms with Crippen LogP contribution < -0.4 is 0 Å². The Morgan fingerprint density at radius 2 is 2.06 bits per heavy atom. The molecule has 0 aromatic carbocycles. The van der Waals surface area contributed by atoms with Gasteiger partial charge in [-0.1, -0.05) is 13.5 Å². The summed E-state index contributed by atoms with van der Waals surface area (Å²) >= 11 is 0. The molecule has 100 valence electrons. The number of rotatable bonds is 5. The summed E-state index contributed by atoms with van der Waals surface area (Å²) < 4.78 is 14.9. The van der Waals surface area contributed by atoms with Gasteiger partial charge in [0.05, 0.1) is 19.8 Å². The van der Waals surface area contributed by atoms with Crippen LogP contribution in [0.5, 0.6) is 0 Å². The first kappa shape index (κ1) is 14.3. The fourth-order valence-corrected chi connectivity index (χ4v) is 1.71. The average molecular weight is 254 g/mol. The van der Waals surface area contributed by atoms with Crippen LogP contribution in [0.15, 0.2) is 23.5 Å². The van der Waals surface area contributed by atoms with Crippen LogP contribution in [0, 0.1) is 0 Å². The maximum atomic E-state index is 11.6. The molecule has 1 aliphatic rings. The largest absolute Gasteiger partial charge is 0.489 e. The third-order valence-electron chi connectivity index (χ3n) is 2.88. The maximum Gasteiger partial charge on any atom is 0.337 e. The van der Waals surface area contributed by atoms with Gasteiger partial charge < -0.3 is 14.2 Å². The lowest BCUT2D eigenvalue weighted by Gasteiger charge is -2.13. The SMILES string of the molecule is C=C(CC)C1CC(C(=O)OC)=C(CC(=O)OC)O1. The Morgan fingerprint density at radius 1 is 1.39 bits per heavy atom. The lowest BCUT2D eigenvalue weighted by atomic mass is 10.0. The van der Waals surface area contributed by atoms with Crippen molar-refractivity contribution in [3.63, 3.8) is 0 Å². The molecule has 0 spiro atoms. The second-order valence-corrected chi connectivity index (χ2v) is 3.97. The van der Waals surface area contributed by atoms with Crippen molar-refractivity contribution < 1.29 is 23.8 Å². The zero-order valence-electron chi connectivity index (χ0n) is 10.9. The summed E-state index contributed by atoms with van der Waals surface area (Å²) in [6.07, 6.45) is 0.828. The van der Waals surface area contributed by atoms with Crippen LogP contribution in [0.4, 0.5) is 0 Å². The first-order valence-corrected chi connectivity index (χ1v) is 5.74. The molecule has 0 radical (unpaired) electrons. The van der Waals surface area contributed by atoms with Crippen molar-refractivity contribution in [2.75, 3.05) is 14.2 Å². The van der Waals surface area contributed by atoms with Crippen LogP contribution in [-0.4, -0.2) is 32.3 Å². The Balaban J connectivity index is 2.87. The van der Waals surface area contributed by atoms with E-state index < -0.39 is 11.9 Å². The van der Waals surface area contributed by atoms with Crippen molar-refractivity contribution in [1.82, 2.24) is 0 Å². The standard InChI is InChI=1S/C13H18O5/c1-5-8(2)10-6-9(13(15)17-4)11(18-10)7-12(14)16-3/h10H,2,5-7H2,1,3-4H3. The lowest BCUT2D eigenvalue weighted by molar-refractivity contribution is -0.140. The van der Waals surface area contributed by atoms with Gasteiger partial charge in [-0.3, -0.25) is 4.79 Å². The van der Waals surface area contributed by atoms with Gasteiger partial charge in [0.1, 0.15) is 18.3 Å². The summed E-state index contributed by atoms with van der Waals surface area (Å²) in [6.45, 7) is 5.85. The molecule has 0 bridgehead atoms. The summed E-state index contributed by atoms with van der Waals surface area (Å²) in [5.41, 5.74) is 1.28. The van der Waals surface area contributed by atoms with Crippen molar-refractivity contribution in [3.8, 4) is 0 Å². The van der Waals surface area contributed by atoms with Crippen LogP contribution >= 0.6 is 0 Å². The van der Waals surface area contributed by atoms with Crippen molar-refractivity contribution in [1.29, 1.82) is 0 Å². The highest BCUT2D eigenvalue weighted by atomic mass is 16.5. The summed E-state index contributed by atoms with van der Waals surface area (Å²) in [7, 11) is 2.59. The summed E-state index contributed by atoms with van der Waals surface area (Å²) in [6, 6.07) is 0. The van der Waals surface area contributed by atoms with Gasteiger partial charge in [0, 0.05) is 6.42 Å². The van der Waals surface area contributed by atoms with Gasteiger partial charge >= 0.3 is 11.9 Å². The van der Waals surface area contributed by atoms with E-state index >= 15 is 0 Å². The number of carbonyl (C=O) groups excluding carboxylic acids is 2. The molecular weight excluding hydrogens is 236 g/mol. The van der Waals surface area contributed by atoms with E-state index in [0.717, 1.165) is 12.0 Å². The molecule has 0 N–H and O–H groups in total. The van der Waals surface area contributed by atoms with Gasteiger partial charge in [-0.05, 0) is 12.0 Å². The molecule has 18 heavy (non-hydrogen) atoms. The minimum atomic E-state index is -0.472. The molecule has 1 rings (SSSR count). The molecular formula is C13H18O5. The smallest absolute Gasteiger partial charge is 0.337 e. The van der Waals surface area contributed by atoms with Crippen LogP contribution in [0.3, 0.4) is 0 Å². The summed E-state index contributed by atoms with van der Waals surface area (Å²) in [4.78, 5) is 22.9.